The van der Waals surface area contributed by atoms with Gasteiger partial charge in [-0.2, -0.15) is 0 Å². The molecule has 10 rings (SSSR count). The lowest BCUT2D eigenvalue weighted by molar-refractivity contribution is 1.27. The fraction of sp³-hybridized carbons (Fsp3) is 0. The highest BCUT2D eigenvalue weighted by molar-refractivity contribution is 6.24. The summed E-state index contributed by atoms with van der Waals surface area (Å²) in [5, 5.41) is 8.81. The van der Waals surface area contributed by atoms with Crippen molar-refractivity contribution in [1.29, 1.82) is 0 Å². The molecule has 50 heavy (non-hydrogen) atoms. The molecule has 0 saturated carbocycles. The fourth-order valence-corrected chi connectivity index (χ4v) is 7.48. The number of pyridine rings is 3. The van der Waals surface area contributed by atoms with Crippen molar-refractivity contribution >= 4 is 54.1 Å². The van der Waals surface area contributed by atoms with Crippen molar-refractivity contribution in [1.82, 2.24) is 15.0 Å². The number of fused-ring (bicyclic) bond motifs is 6. The third kappa shape index (κ3) is 4.48. The van der Waals surface area contributed by atoms with Crippen LogP contribution in [0.3, 0.4) is 0 Å². The van der Waals surface area contributed by atoms with Gasteiger partial charge in [0, 0.05) is 22.5 Å². The molecule has 0 atom stereocenters. The maximum atomic E-state index is 8.47. The minimum absolute atomic E-state index is 0.106. The number of hydrogen-bond acceptors (Lipinski definition) is 3. The molecule has 0 aliphatic rings. The van der Waals surface area contributed by atoms with Crippen LogP contribution < -0.4 is 0 Å². The lowest BCUT2D eigenvalue weighted by Gasteiger charge is -2.19. The molecule has 0 N–H and O–H groups in total. The predicted octanol–water partition coefficient (Wildman–Crippen LogP) is 12.3. The molecule has 0 fully saturated rings. The molecule has 0 aliphatic heterocycles. The first-order valence-corrected chi connectivity index (χ1v) is 16.6. The highest BCUT2D eigenvalue weighted by Crippen LogP contribution is 2.46. The number of rotatable bonds is 4. The Kier molecular flexibility index (Phi) is 5.60. The molecule has 3 nitrogen and oxygen atoms in total. The fourth-order valence-electron chi connectivity index (χ4n) is 7.48. The van der Waals surface area contributed by atoms with Crippen LogP contribution in [0.2, 0.25) is 0 Å². The van der Waals surface area contributed by atoms with Gasteiger partial charge >= 0.3 is 0 Å². The average molecular weight is 640 g/mol. The van der Waals surface area contributed by atoms with Gasteiger partial charge in [-0.15, -0.1) is 0 Å². The monoisotopic (exact) mass is 639 g/mol. The zero-order chi connectivity index (χ0) is 36.5. The summed E-state index contributed by atoms with van der Waals surface area (Å²) in [6.07, 6.45) is -0.352. The first-order chi connectivity index (χ1) is 26.5. The summed E-state index contributed by atoms with van der Waals surface area (Å²) >= 11 is 0. The van der Waals surface area contributed by atoms with Crippen molar-refractivity contribution in [3.05, 3.63) is 176 Å². The van der Waals surface area contributed by atoms with Crippen LogP contribution in [-0.2, 0) is 0 Å². The van der Waals surface area contributed by atoms with Gasteiger partial charge in [0.25, 0.3) is 0 Å². The first kappa shape index (κ1) is 24.4. The molecule has 0 spiro atoms. The lowest BCUT2D eigenvalue weighted by atomic mass is 9.84. The smallest absolute Gasteiger partial charge is 0.0973 e. The van der Waals surface area contributed by atoms with E-state index in [0.717, 1.165) is 38.4 Å². The molecule has 0 unspecified atom stereocenters. The van der Waals surface area contributed by atoms with Crippen molar-refractivity contribution in [2.24, 2.45) is 0 Å². The average Bonchev–Trinajstić information content (AvgIpc) is 3.23. The van der Waals surface area contributed by atoms with E-state index in [2.05, 4.69) is 126 Å². The van der Waals surface area contributed by atoms with Crippen LogP contribution >= 0.6 is 0 Å². The minimum atomic E-state index is -0.370. The van der Waals surface area contributed by atoms with E-state index in [-0.39, 0.29) is 30.0 Å². The van der Waals surface area contributed by atoms with Crippen molar-refractivity contribution in [3.63, 3.8) is 0 Å². The molecule has 0 bridgehead atoms. The van der Waals surface area contributed by atoms with Gasteiger partial charge in [-0.1, -0.05) is 146 Å². The lowest BCUT2D eigenvalue weighted by Crippen LogP contribution is -1.94. The Bertz CT molecular complexity index is 3110. The molecule has 0 amide bonds. The highest BCUT2D eigenvalue weighted by Gasteiger charge is 2.19. The number of aromatic nitrogens is 3. The van der Waals surface area contributed by atoms with Gasteiger partial charge in [-0.05, 0) is 78.8 Å². The van der Waals surface area contributed by atoms with E-state index in [1.165, 1.54) is 38.2 Å². The van der Waals surface area contributed by atoms with Crippen LogP contribution in [0.4, 0.5) is 0 Å². The molecule has 3 heteroatoms. The topological polar surface area (TPSA) is 38.7 Å². The van der Waals surface area contributed by atoms with E-state index in [1.54, 1.807) is 6.07 Å². The van der Waals surface area contributed by atoms with E-state index >= 15 is 0 Å². The van der Waals surface area contributed by atoms with Crippen molar-refractivity contribution < 1.29 is 5.48 Å². The molecule has 7 aromatic carbocycles. The Hall–Kier alpha value is -6.71. The zero-order valence-electron chi connectivity index (χ0n) is 30.8. The minimum Gasteiger partial charge on any atom is -0.255 e. The number of hydrogen-bond donors (Lipinski definition) is 0. The quantitative estimate of drug-likeness (QED) is 0.142. The third-order valence-electron chi connectivity index (χ3n) is 9.69. The van der Waals surface area contributed by atoms with Crippen LogP contribution in [0, 0.1) is 0 Å². The van der Waals surface area contributed by atoms with E-state index in [4.69, 9.17) is 15.5 Å². The number of nitrogens with zero attached hydrogens (tertiary/aromatic N) is 3. The highest BCUT2D eigenvalue weighted by atomic mass is 14.8. The Morgan fingerprint density at radius 2 is 0.880 bits per heavy atom. The maximum absolute atomic E-state index is 8.47. The molecule has 3 aromatic heterocycles. The van der Waals surface area contributed by atoms with Crippen molar-refractivity contribution in [2.45, 2.75) is 0 Å². The normalized spacial score (nSPS) is 12.7. The second kappa shape index (κ2) is 11.5. The Balaban J connectivity index is 1.19. The van der Waals surface area contributed by atoms with Gasteiger partial charge in [0.2, 0.25) is 0 Å². The van der Waals surface area contributed by atoms with E-state index < -0.39 is 0 Å². The SMILES string of the molecule is [2H]c1nc(-c2ccc3ccc4ccc(-c5ccc(-c6c7ccccc7c(-c7ccccc7)c7ccccc67)c6ccccc56)nc4c3n2)c([2H])c([2H])c1[2H]. The largest absolute Gasteiger partial charge is 0.255 e. The van der Waals surface area contributed by atoms with E-state index in [1.807, 2.05) is 24.3 Å². The second-order valence-electron chi connectivity index (χ2n) is 12.5. The Morgan fingerprint density at radius 1 is 0.380 bits per heavy atom. The molecule has 232 valence electrons. The van der Waals surface area contributed by atoms with E-state index in [0.29, 0.717) is 16.7 Å². The van der Waals surface area contributed by atoms with Crippen molar-refractivity contribution in [3.8, 4) is 44.9 Å². The van der Waals surface area contributed by atoms with Gasteiger partial charge in [-0.3, -0.25) is 4.98 Å². The standard InChI is InChI=1S/C47H29N3/c1-2-12-30(13-3-1)44-36-16-6-8-18-38(36)45(39-19-9-7-17-37(39)44)40-26-25-35(33-14-4-5-15-34(33)40)41-27-23-31-21-22-32-24-28-43(42-20-10-11-29-48-42)50-47(32)46(31)49-41/h1-29H/i10D,11D,20D,29D. The van der Waals surface area contributed by atoms with Crippen LogP contribution in [0.15, 0.2) is 176 Å². The van der Waals surface area contributed by atoms with Crippen LogP contribution in [0.25, 0.3) is 99.0 Å². The maximum Gasteiger partial charge on any atom is 0.0973 e. The molecule has 0 radical (unpaired) electrons. The molecular formula is C47H29N3. The number of benzene rings is 7. The van der Waals surface area contributed by atoms with Gasteiger partial charge in [0.15, 0.2) is 0 Å². The van der Waals surface area contributed by atoms with Gasteiger partial charge in [-0.25, -0.2) is 9.97 Å². The zero-order valence-corrected chi connectivity index (χ0v) is 26.8. The summed E-state index contributed by atoms with van der Waals surface area (Å²) in [5.41, 5.74) is 8.39. The molecule has 0 saturated heterocycles. The summed E-state index contributed by atoms with van der Waals surface area (Å²) < 4.78 is 32.7. The molecule has 0 aliphatic carbocycles. The molecular weight excluding hydrogens is 607 g/mol. The Labute approximate surface area is 294 Å². The third-order valence-corrected chi connectivity index (χ3v) is 9.69. The summed E-state index contributed by atoms with van der Waals surface area (Å²) in [6.45, 7) is 0. The predicted molar refractivity (Wildman–Crippen MR) is 209 cm³/mol. The van der Waals surface area contributed by atoms with Gasteiger partial charge in [0.1, 0.15) is 0 Å². The summed E-state index contributed by atoms with van der Waals surface area (Å²) in [7, 11) is 0. The Morgan fingerprint density at radius 3 is 1.54 bits per heavy atom. The van der Waals surface area contributed by atoms with E-state index in [9.17, 15) is 0 Å². The van der Waals surface area contributed by atoms with Crippen molar-refractivity contribution in [2.75, 3.05) is 0 Å². The van der Waals surface area contributed by atoms with Gasteiger partial charge in [0.05, 0.1) is 33.6 Å². The second-order valence-corrected chi connectivity index (χ2v) is 12.5. The van der Waals surface area contributed by atoms with Crippen LogP contribution in [0.1, 0.15) is 5.48 Å². The summed E-state index contributed by atoms with van der Waals surface area (Å²) in [5.74, 6) is 0. The first-order valence-electron chi connectivity index (χ1n) is 18.6. The molecule has 3 heterocycles. The van der Waals surface area contributed by atoms with Crippen LogP contribution in [0.5, 0.6) is 0 Å². The molecule has 10 aromatic rings. The van der Waals surface area contributed by atoms with Gasteiger partial charge < -0.3 is 0 Å². The van der Waals surface area contributed by atoms with Crippen LogP contribution in [-0.4, -0.2) is 15.0 Å². The summed E-state index contributed by atoms with van der Waals surface area (Å²) in [4.78, 5) is 14.3. The summed E-state index contributed by atoms with van der Waals surface area (Å²) in [6, 6.07) is 51.8.